The highest BCUT2D eigenvalue weighted by Crippen LogP contribution is 2.42. The Kier molecular flexibility index (Phi) is 2.77. The molecule has 1 N–H and O–H groups in total. The molecule has 0 radical (unpaired) electrons. The summed E-state index contributed by atoms with van der Waals surface area (Å²) < 4.78 is 0. The molecule has 1 saturated heterocycles. The van der Waals surface area contributed by atoms with Crippen molar-refractivity contribution < 1.29 is 4.79 Å². The van der Waals surface area contributed by atoms with Crippen LogP contribution in [0.15, 0.2) is 12.3 Å². The van der Waals surface area contributed by atoms with Gasteiger partial charge >= 0.3 is 0 Å². The van der Waals surface area contributed by atoms with Crippen LogP contribution in [0.25, 0.3) is 11.4 Å². The number of amides is 1. The molecule has 1 amide bonds. The van der Waals surface area contributed by atoms with Gasteiger partial charge < -0.3 is 4.90 Å². The van der Waals surface area contributed by atoms with E-state index in [-0.39, 0.29) is 12.1 Å². The van der Waals surface area contributed by atoms with Crippen molar-refractivity contribution in [2.24, 2.45) is 0 Å². The molecule has 0 aliphatic carbocycles. The van der Waals surface area contributed by atoms with Gasteiger partial charge in [-0.2, -0.15) is 5.10 Å². The minimum atomic E-state index is 0.105. The molecule has 2 bridgehead atoms. The lowest BCUT2D eigenvalue weighted by Gasteiger charge is -2.44. The predicted octanol–water partition coefficient (Wildman–Crippen LogP) is 1.78. The van der Waals surface area contributed by atoms with Gasteiger partial charge in [0.25, 0.3) is 0 Å². The van der Waals surface area contributed by atoms with E-state index < -0.39 is 0 Å². The maximum Gasteiger partial charge on any atom is 0.210 e. The Balaban J connectivity index is 1.91. The highest BCUT2D eigenvalue weighted by Gasteiger charge is 2.39. The first-order valence-electron chi connectivity index (χ1n) is 7.38. The molecule has 2 aromatic heterocycles. The fraction of sp³-hybridized carbons (Fsp3) is 0.467. The molecule has 6 nitrogen and oxygen atoms in total. The van der Waals surface area contributed by atoms with Gasteiger partial charge in [0.15, 0.2) is 0 Å². The molecule has 0 spiro atoms. The van der Waals surface area contributed by atoms with Crippen LogP contribution in [0, 0.1) is 6.92 Å². The molecular weight excluding hydrogens is 266 g/mol. The van der Waals surface area contributed by atoms with E-state index in [4.69, 9.17) is 0 Å². The molecule has 4 heterocycles. The van der Waals surface area contributed by atoms with E-state index in [0.29, 0.717) is 0 Å². The molecule has 6 heteroatoms. The second kappa shape index (κ2) is 4.65. The molecule has 2 atom stereocenters. The van der Waals surface area contributed by atoms with Crippen LogP contribution >= 0.6 is 0 Å². The fourth-order valence-electron chi connectivity index (χ4n) is 3.68. The number of aryl methyl sites for hydroxylation is 1. The Morgan fingerprint density at radius 2 is 2.29 bits per heavy atom. The lowest BCUT2D eigenvalue weighted by molar-refractivity contribution is -0.125. The van der Waals surface area contributed by atoms with Crippen molar-refractivity contribution in [2.75, 3.05) is 0 Å². The lowest BCUT2D eigenvalue weighted by Crippen LogP contribution is -2.46. The van der Waals surface area contributed by atoms with Crippen LogP contribution in [0.3, 0.4) is 0 Å². The number of aromatic amines is 1. The summed E-state index contributed by atoms with van der Waals surface area (Å²) in [6, 6.07) is 2.32. The second-order valence-corrected chi connectivity index (χ2v) is 5.81. The average Bonchev–Trinajstić information content (AvgIpc) is 3.01. The Labute approximate surface area is 122 Å². The third kappa shape index (κ3) is 1.86. The summed E-state index contributed by atoms with van der Waals surface area (Å²) in [7, 11) is 0. The number of hydrogen-bond donors (Lipinski definition) is 1. The van der Waals surface area contributed by atoms with Gasteiger partial charge in [-0.3, -0.25) is 9.89 Å². The van der Waals surface area contributed by atoms with E-state index in [2.05, 4.69) is 20.2 Å². The van der Waals surface area contributed by atoms with E-state index in [1.165, 1.54) is 5.56 Å². The van der Waals surface area contributed by atoms with Crippen molar-refractivity contribution >= 4 is 6.41 Å². The van der Waals surface area contributed by atoms with Gasteiger partial charge in [0.05, 0.1) is 23.1 Å². The van der Waals surface area contributed by atoms with Crippen molar-refractivity contribution in [3.8, 4) is 11.4 Å². The molecule has 4 rings (SSSR count). The Morgan fingerprint density at radius 1 is 1.38 bits per heavy atom. The smallest absolute Gasteiger partial charge is 0.210 e. The van der Waals surface area contributed by atoms with Crippen molar-refractivity contribution in [3.05, 3.63) is 29.3 Å². The summed E-state index contributed by atoms with van der Waals surface area (Å²) in [6.45, 7) is 1.90. The largest absolute Gasteiger partial charge is 0.333 e. The number of fused-ring (bicyclic) bond motifs is 4. The standard InChI is InChI=1S/C15H17N5O/c1-9-17-14(12-5-6-16-19-12)11-7-10-3-2-4-13(15(11)18-9)20(10)8-21/h5-6,8,10,13H,2-4,7H2,1H3,(H,16,19)/t10-,13+/m1/s1. The van der Waals surface area contributed by atoms with E-state index in [9.17, 15) is 4.79 Å². The van der Waals surface area contributed by atoms with E-state index in [1.54, 1.807) is 6.20 Å². The number of piperidine rings is 1. The fourth-order valence-corrected chi connectivity index (χ4v) is 3.68. The summed E-state index contributed by atoms with van der Waals surface area (Å²) >= 11 is 0. The van der Waals surface area contributed by atoms with Gasteiger partial charge in [-0.25, -0.2) is 9.97 Å². The first kappa shape index (κ1) is 12.5. The number of nitrogens with zero attached hydrogens (tertiary/aromatic N) is 4. The van der Waals surface area contributed by atoms with Crippen molar-refractivity contribution in [1.82, 2.24) is 25.1 Å². The maximum atomic E-state index is 11.4. The van der Waals surface area contributed by atoms with E-state index in [1.807, 2.05) is 17.9 Å². The highest BCUT2D eigenvalue weighted by atomic mass is 16.1. The van der Waals surface area contributed by atoms with Crippen LogP contribution in [-0.4, -0.2) is 37.5 Å². The maximum absolute atomic E-state index is 11.4. The van der Waals surface area contributed by atoms with Crippen molar-refractivity contribution in [1.29, 1.82) is 0 Å². The summed E-state index contributed by atoms with van der Waals surface area (Å²) in [4.78, 5) is 22.7. The molecule has 108 valence electrons. The Bertz CT molecular complexity index is 682. The Morgan fingerprint density at radius 3 is 3.05 bits per heavy atom. The molecule has 21 heavy (non-hydrogen) atoms. The molecule has 2 aliphatic heterocycles. The zero-order chi connectivity index (χ0) is 14.4. The first-order chi connectivity index (χ1) is 10.3. The molecule has 1 fully saturated rings. The number of carbonyl (C=O) groups is 1. The van der Waals surface area contributed by atoms with Crippen LogP contribution in [0.2, 0.25) is 0 Å². The number of carbonyl (C=O) groups excluding carboxylic acids is 1. The lowest BCUT2D eigenvalue weighted by atomic mass is 9.82. The second-order valence-electron chi connectivity index (χ2n) is 5.81. The minimum Gasteiger partial charge on any atom is -0.333 e. The first-order valence-corrected chi connectivity index (χ1v) is 7.38. The van der Waals surface area contributed by atoms with Gasteiger partial charge in [0, 0.05) is 17.8 Å². The van der Waals surface area contributed by atoms with Crippen LogP contribution in [0.1, 0.15) is 42.4 Å². The summed E-state index contributed by atoms with van der Waals surface area (Å²) in [5.41, 5.74) is 4.07. The minimum absolute atomic E-state index is 0.105. The molecular formula is C15H17N5O. The molecule has 0 unspecified atom stereocenters. The summed E-state index contributed by atoms with van der Waals surface area (Å²) in [5.74, 6) is 0.744. The number of aromatic nitrogens is 4. The van der Waals surface area contributed by atoms with Crippen LogP contribution < -0.4 is 0 Å². The van der Waals surface area contributed by atoms with E-state index >= 15 is 0 Å². The molecule has 0 aromatic carbocycles. The monoisotopic (exact) mass is 283 g/mol. The van der Waals surface area contributed by atoms with Gasteiger partial charge in [-0.05, 0) is 38.7 Å². The van der Waals surface area contributed by atoms with E-state index in [0.717, 1.165) is 55.0 Å². The molecule has 2 aromatic rings. The predicted molar refractivity (Wildman–Crippen MR) is 76.3 cm³/mol. The third-order valence-corrected chi connectivity index (χ3v) is 4.58. The van der Waals surface area contributed by atoms with Crippen LogP contribution in [0.4, 0.5) is 0 Å². The van der Waals surface area contributed by atoms with Gasteiger partial charge in [-0.1, -0.05) is 0 Å². The normalized spacial score (nSPS) is 23.8. The SMILES string of the molecule is Cc1nc(-c2ccn[nH]2)c2c(n1)[C@@H]1CCC[C@H](C2)N1C=O. The number of hydrogen-bond acceptors (Lipinski definition) is 4. The van der Waals surface area contributed by atoms with Gasteiger partial charge in [0.2, 0.25) is 6.41 Å². The average molecular weight is 283 g/mol. The summed E-state index contributed by atoms with van der Waals surface area (Å²) in [6.07, 6.45) is 6.76. The quantitative estimate of drug-likeness (QED) is 0.853. The zero-order valence-corrected chi connectivity index (χ0v) is 11.9. The highest BCUT2D eigenvalue weighted by molar-refractivity contribution is 5.62. The third-order valence-electron chi connectivity index (χ3n) is 4.58. The number of nitrogens with one attached hydrogen (secondary N) is 1. The van der Waals surface area contributed by atoms with Crippen molar-refractivity contribution in [2.45, 2.75) is 44.7 Å². The van der Waals surface area contributed by atoms with Gasteiger partial charge in [0.1, 0.15) is 5.82 Å². The van der Waals surface area contributed by atoms with Crippen LogP contribution in [0.5, 0.6) is 0 Å². The number of H-pyrrole nitrogens is 1. The topological polar surface area (TPSA) is 74.8 Å². The van der Waals surface area contributed by atoms with Gasteiger partial charge in [-0.15, -0.1) is 0 Å². The summed E-state index contributed by atoms with van der Waals surface area (Å²) in [5, 5.41) is 7.03. The number of rotatable bonds is 2. The molecule has 0 saturated carbocycles. The Hall–Kier alpha value is -2.24. The molecule has 2 aliphatic rings. The zero-order valence-electron chi connectivity index (χ0n) is 11.9. The van der Waals surface area contributed by atoms with Crippen molar-refractivity contribution in [3.63, 3.8) is 0 Å². The van der Waals surface area contributed by atoms with Crippen LogP contribution in [-0.2, 0) is 11.2 Å².